The number of hydrogen-bond donors (Lipinski definition) is 0. The van der Waals surface area contributed by atoms with Crippen LogP contribution in [0.15, 0.2) is 36.5 Å². The van der Waals surface area contributed by atoms with Gasteiger partial charge in [-0.25, -0.2) is 0 Å². The molecule has 0 saturated heterocycles. The largest absolute Gasteiger partial charge is 0.0932 e. The summed E-state index contributed by atoms with van der Waals surface area (Å²) in [7, 11) is 0. The molecular weight excluding hydrogens is 260 g/mol. The summed E-state index contributed by atoms with van der Waals surface area (Å²) in [6.07, 6.45) is 24.7. The average Bonchev–Trinajstić information content (AvgIpc) is 2.47. The molecule has 0 spiro atoms. The molecule has 0 aromatic carbocycles. The fourth-order valence-electron chi connectivity index (χ4n) is 1.98. The summed E-state index contributed by atoms with van der Waals surface area (Å²) >= 11 is 4.93. The van der Waals surface area contributed by atoms with Crippen molar-refractivity contribution in [3.05, 3.63) is 36.5 Å². The third-order valence-corrected chi connectivity index (χ3v) is 3.76. The maximum absolute atomic E-state index is 4.93. The highest BCUT2D eigenvalue weighted by atomic mass is 32.1. The second-order valence-corrected chi connectivity index (χ2v) is 5.67. The van der Waals surface area contributed by atoms with Gasteiger partial charge in [0, 0.05) is 0 Å². The predicted octanol–water partition coefficient (Wildman–Crippen LogP) is 6.82. The molecule has 0 aliphatic heterocycles. The van der Waals surface area contributed by atoms with Gasteiger partial charge < -0.3 is 0 Å². The van der Waals surface area contributed by atoms with E-state index in [4.69, 9.17) is 12.2 Å². The maximum atomic E-state index is 4.93. The van der Waals surface area contributed by atoms with E-state index in [9.17, 15) is 0 Å². The van der Waals surface area contributed by atoms with Gasteiger partial charge in [-0.05, 0) is 49.8 Å². The molecule has 0 amide bonds. The van der Waals surface area contributed by atoms with Gasteiger partial charge in [-0.1, -0.05) is 81.8 Å². The number of thiocarbonyl (C=S) groups is 1. The molecule has 1 atom stereocenters. The molecule has 1 unspecified atom stereocenters. The van der Waals surface area contributed by atoms with Crippen molar-refractivity contribution in [2.24, 2.45) is 5.92 Å². The minimum absolute atomic E-state index is 0.615. The van der Waals surface area contributed by atoms with Gasteiger partial charge in [0.25, 0.3) is 0 Å². The second-order valence-electron chi connectivity index (χ2n) is 5.40. The molecule has 0 aromatic heterocycles. The molecule has 0 heterocycles. The molecule has 0 rings (SSSR count). The molecule has 1 heteroatoms. The normalized spacial score (nSPS) is 13.7. The van der Waals surface area contributed by atoms with Crippen LogP contribution in [-0.2, 0) is 0 Å². The van der Waals surface area contributed by atoms with Crippen LogP contribution in [0.5, 0.6) is 0 Å². The van der Waals surface area contributed by atoms with Gasteiger partial charge in [0.1, 0.15) is 0 Å². The monoisotopic (exact) mass is 292 g/mol. The number of rotatable bonds is 13. The summed E-state index contributed by atoms with van der Waals surface area (Å²) in [6.45, 7) is 4.38. The lowest BCUT2D eigenvalue weighted by Crippen LogP contribution is -1.93. The standard InChI is InChI=1S/C19H32S/c1-3-4-5-6-7-8-9-10-11-12-13-14-15-16-17-19(2)18-20/h4-5,7-8,10-11,18-19H,3,6,9,12-17H2,1-2H3/b5-4-,8-7-,11-10-. The molecular formula is C19H32S. The summed E-state index contributed by atoms with van der Waals surface area (Å²) in [5, 5.41) is 1.90. The van der Waals surface area contributed by atoms with Crippen LogP contribution in [0.3, 0.4) is 0 Å². The predicted molar refractivity (Wildman–Crippen MR) is 97.5 cm³/mol. The zero-order chi connectivity index (χ0) is 14.9. The number of allylic oxidation sites excluding steroid dienone is 6. The lowest BCUT2D eigenvalue weighted by Gasteiger charge is -2.03. The molecule has 0 radical (unpaired) electrons. The Bertz CT molecular complexity index is 286. The van der Waals surface area contributed by atoms with Crippen molar-refractivity contribution in [2.75, 3.05) is 0 Å². The van der Waals surface area contributed by atoms with Crippen molar-refractivity contribution in [1.82, 2.24) is 0 Å². The van der Waals surface area contributed by atoms with Gasteiger partial charge in [0.2, 0.25) is 0 Å². The summed E-state index contributed by atoms with van der Waals surface area (Å²) in [5.41, 5.74) is 0. The first kappa shape index (κ1) is 19.3. The first-order valence-electron chi connectivity index (χ1n) is 8.21. The van der Waals surface area contributed by atoms with E-state index >= 15 is 0 Å². The SMILES string of the molecule is CC/C=C\C/C=C\C/C=C\CCCCCCC(C)C=S. The second kappa shape index (κ2) is 16.4. The maximum Gasteiger partial charge on any atom is -0.0157 e. The Balaban J connectivity index is 3.27. The lowest BCUT2D eigenvalue weighted by molar-refractivity contribution is 0.578. The minimum Gasteiger partial charge on any atom is -0.0932 e. The van der Waals surface area contributed by atoms with Crippen LogP contribution in [0.2, 0.25) is 0 Å². The average molecular weight is 293 g/mol. The molecule has 0 nitrogen and oxygen atoms in total. The number of hydrogen-bond acceptors (Lipinski definition) is 1. The Hall–Kier alpha value is -0.690. The van der Waals surface area contributed by atoms with Crippen LogP contribution in [-0.4, -0.2) is 5.37 Å². The highest BCUT2D eigenvalue weighted by molar-refractivity contribution is 7.79. The molecule has 114 valence electrons. The molecule has 0 fully saturated rings. The van der Waals surface area contributed by atoms with Gasteiger partial charge >= 0.3 is 0 Å². The molecule has 0 bridgehead atoms. The van der Waals surface area contributed by atoms with Crippen LogP contribution < -0.4 is 0 Å². The Morgan fingerprint density at radius 2 is 1.40 bits per heavy atom. The Labute approximate surface area is 132 Å². The van der Waals surface area contributed by atoms with Crippen LogP contribution in [0, 0.1) is 5.92 Å². The quantitative estimate of drug-likeness (QED) is 0.204. The van der Waals surface area contributed by atoms with E-state index in [1.807, 2.05) is 5.37 Å². The van der Waals surface area contributed by atoms with Crippen molar-refractivity contribution in [3.63, 3.8) is 0 Å². The molecule has 0 saturated carbocycles. The minimum atomic E-state index is 0.615. The van der Waals surface area contributed by atoms with Crippen molar-refractivity contribution in [3.8, 4) is 0 Å². The zero-order valence-electron chi connectivity index (χ0n) is 13.4. The summed E-state index contributed by atoms with van der Waals surface area (Å²) in [5.74, 6) is 0.615. The molecule has 0 aliphatic carbocycles. The molecule has 0 aromatic rings. The fourth-order valence-corrected chi connectivity index (χ4v) is 2.11. The Kier molecular flexibility index (Phi) is 15.8. The van der Waals surface area contributed by atoms with E-state index in [0.717, 1.165) is 19.3 Å². The van der Waals surface area contributed by atoms with E-state index in [-0.39, 0.29) is 0 Å². The Morgan fingerprint density at radius 1 is 0.800 bits per heavy atom. The van der Waals surface area contributed by atoms with Crippen LogP contribution >= 0.6 is 12.2 Å². The van der Waals surface area contributed by atoms with Gasteiger partial charge in [-0.3, -0.25) is 0 Å². The van der Waals surface area contributed by atoms with Crippen molar-refractivity contribution < 1.29 is 0 Å². The first-order chi connectivity index (χ1) is 9.81. The highest BCUT2D eigenvalue weighted by Crippen LogP contribution is 2.10. The van der Waals surface area contributed by atoms with E-state index < -0.39 is 0 Å². The summed E-state index contributed by atoms with van der Waals surface area (Å²) in [6, 6.07) is 0. The van der Waals surface area contributed by atoms with E-state index in [1.165, 1.54) is 38.5 Å². The van der Waals surface area contributed by atoms with Gasteiger partial charge in [-0.15, -0.1) is 0 Å². The smallest absolute Gasteiger partial charge is 0.0157 e. The van der Waals surface area contributed by atoms with Gasteiger partial charge in [-0.2, -0.15) is 0 Å². The summed E-state index contributed by atoms with van der Waals surface area (Å²) in [4.78, 5) is 0. The number of unbranched alkanes of at least 4 members (excludes halogenated alkanes) is 4. The topological polar surface area (TPSA) is 0 Å². The zero-order valence-corrected chi connectivity index (χ0v) is 14.2. The molecule has 20 heavy (non-hydrogen) atoms. The third-order valence-electron chi connectivity index (χ3n) is 3.29. The summed E-state index contributed by atoms with van der Waals surface area (Å²) < 4.78 is 0. The fraction of sp³-hybridized carbons (Fsp3) is 0.632. The highest BCUT2D eigenvalue weighted by Gasteiger charge is 1.96. The third kappa shape index (κ3) is 15.4. The lowest BCUT2D eigenvalue weighted by atomic mass is 10.0. The van der Waals surface area contributed by atoms with Crippen molar-refractivity contribution >= 4 is 17.6 Å². The van der Waals surface area contributed by atoms with Crippen LogP contribution in [0.25, 0.3) is 0 Å². The molecule has 0 aliphatic rings. The van der Waals surface area contributed by atoms with Crippen LogP contribution in [0.1, 0.15) is 71.6 Å². The first-order valence-corrected chi connectivity index (χ1v) is 8.68. The van der Waals surface area contributed by atoms with Gasteiger partial charge in [0.15, 0.2) is 0 Å². The Morgan fingerprint density at radius 3 is 2.05 bits per heavy atom. The van der Waals surface area contributed by atoms with Gasteiger partial charge in [0.05, 0.1) is 0 Å². The molecule has 0 N–H and O–H groups in total. The van der Waals surface area contributed by atoms with Crippen LogP contribution in [0.4, 0.5) is 0 Å². The van der Waals surface area contributed by atoms with Crippen molar-refractivity contribution in [1.29, 1.82) is 0 Å². The van der Waals surface area contributed by atoms with E-state index in [1.54, 1.807) is 0 Å². The van der Waals surface area contributed by atoms with Crippen molar-refractivity contribution in [2.45, 2.75) is 71.6 Å². The van der Waals surface area contributed by atoms with E-state index in [2.05, 4.69) is 50.3 Å². The van der Waals surface area contributed by atoms with E-state index in [0.29, 0.717) is 5.92 Å².